The number of carbonyl (C=O) groups is 1. The zero-order valence-electron chi connectivity index (χ0n) is 10.7. The summed E-state index contributed by atoms with van der Waals surface area (Å²) in [6.45, 7) is 1.60. The molecule has 0 unspecified atom stereocenters. The van der Waals surface area contributed by atoms with E-state index in [4.69, 9.17) is 9.63 Å². The van der Waals surface area contributed by atoms with Crippen molar-refractivity contribution in [2.24, 2.45) is 0 Å². The van der Waals surface area contributed by atoms with Gasteiger partial charge in [-0.2, -0.15) is 13.2 Å². The van der Waals surface area contributed by atoms with Crippen LogP contribution in [0.1, 0.15) is 28.6 Å². The topological polar surface area (TPSA) is 63.3 Å². The van der Waals surface area contributed by atoms with Crippen LogP contribution in [0.25, 0.3) is 11.3 Å². The van der Waals surface area contributed by atoms with Gasteiger partial charge in [0, 0.05) is 12.0 Å². The third kappa shape index (κ3) is 2.88. The largest absolute Gasteiger partial charge is 0.477 e. The van der Waals surface area contributed by atoms with Crippen LogP contribution in [0, 0.1) is 5.82 Å². The highest BCUT2D eigenvalue weighted by Gasteiger charge is 2.32. The summed E-state index contributed by atoms with van der Waals surface area (Å²) in [4.78, 5) is 11.2. The van der Waals surface area contributed by atoms with Crippen molar-refractivity contribution in [3.05, 3.63) is 40.9 Å². The van der Waals surface area contributed by atoms with Gasteiger partial charge in [0.1, 0.15) is 17.1 Å². The normalized spacial score (nSPS) is 11.7. The number of carboxylic acids is 1. The molecule has 0 radical (unpaired) electrons. The fourth-order valence-corrected chi connectivity index (χ4v) is 1.87. The molecule has 0 amide bonds. The van der Waals surface area contributed by atoms with Crippen LogP contribution in [0.3, 0.4) is 0 Å². The van der Waals surface area contributed by atoms with E-state index in [1.54, 1.807) is 6.92 Å². The third-order valence-electron chi connectivity index (χ3n) is 2.80. The highest BCUT2D eigenvalue weighted by atomic mass is 19.4. The minimum atomic E-state index is -4.75. The molecule has 1 heterocycles. The number of carboxylic acid groups (broad SMARTS) is 1. The molecule has 2 aromatic rings. The molecule has 0 atom stereocenters. The van der Waals surface area contributed by atoms with Gasteiger partial charge < -0.3 is 9.63 Å². The maximum absolute atomic E-state index is 13.4. The lowest BCUT2D eigenvalue weighted by atomic mass is 10.0. The van der Waals surface area contributed by atoms with Crippen LogP contribution in [0.4, 0.5) is 17.6 Å². The summed E-state index contributed by atoms with van der Waals surface area (Å²) in [6.07, 6.45) is -4.56. The van der Waals surface area contributed by atoms with Crippen molar-refractivity contribution in [3.63, 3.8) is 0 Å². The van der Waals surface area contributed by atoms with Gasteiger partial charge in [-0.3, -0.25) is 0 Å². The maximum Gasteiger partial charge on any atom is 0.416 e. The zero-order chi connectivity index (χ0) is 15.8. The van der Waals surface area contributed by atoms with Gasteiger partial charge >= 0.3 is 12.1 Å². The Labute approximate surface area is 116 Å². The summed E-state index contributed by atoms with van der Waals surface area (Å²) < 4.78 is 56.2. The molecule has 4 nitrogen and oxygen atoms in total. The SMILES string of the molecule is CCc1onc(-c2cc(F)cc(C(F)(F)F)c2)c1C(=O)O. The second-order valence-corrected chi connectivity index (χ2v) is 4.21. The van der Waals surface area contributed by atoms with Gasteiger partial charge in [-0.25, -0.2) is 9.18 Å². The molecule has 0 bridgehead atoms. The van der Waals surface area contributed by atoms with Crippen LogP contribution in [0.15, 0.2) is 22.7 Å². The molecule has 1 aromatic carbocycles. The molecule has 1 N–H and O–H groups in total. The smallest absolute Gasteiger partial charge is 0.416 e. The molecule has 8 heteroatoms. The summed E-state index contributed by atoms with van der Waals surface area (Å²) in [5.74, 6) is -2.53. The van der Waals surface area contributed by atoms with Crippen LogP contribution < -0.4 is 0 Å². The summed E-state index contributed by atoms with van der Waals surface area (Å²) in [6, 6.07) is 1.73. The molecule has 0 fully saturated rings. The Morgan fingerprint density at radius 1 is 1.33 bits per heavy atom. The number of alkyl halides is 3. The number of rotatable bonds is 3. The predicted molar refractivity (Wildman–Crippen MR) is 63.2 cm³/mol. The Hall–Kier alpha value is -2.38. The van der Waals surface area contributed by atoms with E-state index in [1.807, 2.05) is 0 Å². The van der Waals surface area contributed by atoms with Crippen LogP contribution in [0.5, 0.6) is 0 Å². The average Bonchev–Trinajstić information content (AvgIpc) is 2.80. The Kier molecular flexibility index (Phi) is 3.71. The molecule has 0 aliphatic rings. The summed E-state index contributed by atoms with van der Waals surface area (Å²) in [7, 11) is 0. The number of aromatic nitrogens is 1. The lowest BCUT2D eigenvalue weighted by Gasteiger charge is -2.08. The first-order chi connectivity index (χ1) is 9.74. The number of aryl methyl sites for hydroxylation is 1. The second-order valence-electron chi connectivity index (χ2n) is 4.21. The van der Waals surface area contributed by atoms with Crippen LogP contribution in [0.2, 0.25) is 0 Å². The quantitative estimate of drug-likeness (QED) is 0.877. The molecule has 0 spiro atoms. The van der Waals surface area contributed by atoms with Gasteiger partial charge in [0.2, 0.25) is 0 Å². The Balaban J connectivity index is 2.65. The van der Waals surface area contributed by atoms with Crippen molar-refractivity contribution >= 4 is 5.97 Å². The van der Waals surface area contributed by atoms with E-state index in [2.05, 4.69) is 5.16 Å². The van der Waals surface area contributed by atoms with Gasteiger partial charge in [0.25, 0.3) is 0 Å². The lowest BCUT2D eigenvalue weighted by molar-refractivity contribution is -0.137. The molecule has 0 saturated carbocycles. The van der Waals surface area contributed by atoms with E-state index in [9.17, 15) is 22.4 Å². The van der Waals surface area contributed by atoms with Crippen LogP contribution >= 0.6 is 0 Å². The van der Waals surface area contributed by atoms with Crippen molar-refractivity contribution in [1.29, 1.82) is 0 Å². The first-order valence-corrected chi connectivity index (χ1v) is 5.84. The van der Waals surface area contributed by atoms with Crippen LogP contribution in [-0.4, -0.2) is 16.2 Å². The first-order valence-electron chi connectivity index (χ1n) is 5.84. The van der Waals surface area contributed by atoms with Gasteiger partial charge in [-0.05, 0) is 18.2 Å². The highest BCUT2D eigenvalue weighted by Crippen LogP contribution is 2.34. The Morgan fingerprint density at radius 3 is 2.52 bits per heavy atom. The van der Waals surface area contributed by atoms with E-state index in [0.29, 0.717) is 12.1 Å². The fraction of sp³-hybridized carbons (Fsp3) is 0.231. The van der Waals surface area contributed by atoms with E-state index >= 15 is 0 Å². The van der Waals surface area contributed by atoms with Crippen molar-refractivity contribution in [2.45, 2.75) is 19.5 Å². The summed E-state index contributed by atoms with van der Waals surface area (Å²) in [5, 5.41) is 12.6. The first kappa shape index (κ1) is 15.0. The number of hydrogen-bond donors (Lipinski definition) is 1. The second kappa shape index (κ2) is 5.19. The minimum Gasteiger partial charge on any atom is -0.477 e. The van der Waals surface area contributed by atoms with Gasteiger partial charge in [-0.1, -0.05) is 12.1 Å². The van der Waals surface area contributed by atoms with Gasteiger partial charge in [-0.15, -0.1) is 0 Å². The van der Waals surface area contributed by atoms with Crippen molar-refractivity contribution in [3.8, 4) is 11.3 Å². The molecule has 2 rings (SSSR count). The number of hydrogen-bond acceptors (Lipinski definition) is 3. The molecule has 0 saturated heterocycles. The number of aromatic carboxylic acids is 1. The number of nitrogens with zero attached hydrogens (tertiary/aromatic N) is 1. The van der Waals surface area contributed by atoms with Gasteiger partial charge in [0.05, 0.1) is 5.56 Å². The van der Waals surface area contributed by atoms with Gasteiger partial charge in [0.15, 0.2) is 5.76 Å². The molecule has 21 heavy (non-hydrogen) atoms. The molecule has 0 aliphatic heterocycles. The van der Waals surface area contributed by atoms with E-state index in [-0.39, 0.29) is 29.0 Å². The summed E-state index contributed by atoms with van der Waals surface area (Å²) >= 11 is 0. The minimum absolute atomic E-state index is 0.00956. The van der Waals surface area contributed by atoms with Crippen molar-refractivity contribution < 1.29 is 32.0 Å². The Bertz CT molecular complexity index is 691. The zero-order valence-corrected chi connectivity index (χ0v) is 10.7. The van der Waals surface area contributed by atoms with Crippen LogP contribution in [-0.2, 0) is 12.6 Å². The van der Waals surface area contributed by atoms with Crippen molar-refractivity contribution in [2.75, 3.05) is 0 Å². The van der Waals surface area contributed by atoms with E-state index in [0.717, 1.165) is 6.07 Å². The monoisotopic (exact) mass is 303 g/mol. The van der Waals surface area contributed by atoms with Crippen molar-refractivity contribution in [1.82, 2.24) is 5.16 Å². The molecule has 1 aromatic heterocycles. The lowest BCUT2D eigenvalue weighted by Crippen LogP contribution is -2.06. The number of halogens is 4. The molecular formula is C13H9F4NO3. The molecular weight excluding hydrogens is 294 g/mol. The van der Waals surface area contributed by atoms with E-state index in [1.165, 1.54) is 0 Å². The third-order valence-corrected chi connectivity index (χ3v) is 2.80. The maximum atomic E-state index is 13.4. The highest BCUT2D eigenvalue weighted by molar-refractivity contribution is 5.95. The van der Waals surface area contributed by atoms with E-state index < -0.39 is 23.5 Å². The fourth-order valence-electron chi connectivity index (χ4n) is 1.87. The standard InChI is InChI=1S/C13H9F4NO3/c1-2-9-10(12(19)20)11(18-21-9)6-3-7(13(15,16)17)5-8(14)4-6/h3-5H,2H2,1H3,(H,19,20). The summed E-state index contributed by atoms with van der Waals surface area (Å²) in [5.41, 5.74) is -2.22. The molecule has 112 valence electrons. The molecule has 0 aliphatic carbocycles. The average molecular weight is 303 g/mol. The number of benzene rings is 1. The Morgan fingerprint density at radius 2 is 2.00 bits per heavy atom. The predicted octanol–water partition coefficient (Wildman–Crippen LogP) is 3.76.